The molecule has 0 aromatic rings. The van der Waals surface area contributed by atoms with Crippen LogP contribution in [-0.2, 0) is 14.7 Å². The van der Waals surface area contributed by atoms with Crippen LogP contribution in [0, 0.1) is 0 Å². The maximum atomic E-state index is 12.4. The van der Waals surface area contributed by atoms with Crippen LogP contribution in [0.1, 0.15) is 40.5 Å². The van der Waals surface area contributed by atoms with Crippen LogP contribution in [0.15, 0.2) is 22.8 Å². The molecule has 1 aliphatic carbocycles. The predicted molar refractivity (Wildman–Crippen MR) is 67.0 cm³/mol. The molecule has 0 unspecified atom stereocenters. The van der Waals surface area contributed by atoms with Gasteiger partial charge in [-0.3, -0.25) is 0 Å². The van der Waals surface area contributed by atoms with Crippen molar-refractivity contribution < 1.29 is 14.7 Å². The number of methoxy groups -OCH3 is 1. The first-order valence-electron chi connectivity index (χ1n) is 6.20. The average Bonchev–Trinajstić information content (AvgIpc) is 2.47. The maximum absolute atomic E-state index is 12.4. The summed E-state index contributed by atoms with van der Waals surface area (Å²) >= 11 is 0. The first-order chi connectivity index (χ1) is 8.22. The predicted octanol–water partition coefficient (Wildman–Crippen LogP) is 2.39. The van der Waals surface area contributed by atoms with Gasteiger partial charge in [0.05, 0.1) is 18.2 Å². The number of nitrogens with zero attached hydrogens (tertiary/aromatic N) is 1. The van der Waals surface area contributed by atoms with Gasteiger partial charge in [-0.25, -0.2) is 4.79 Å². The number of carbonyl (C=O) groups excluding carboxylic acids is 1. The zero-order valence-corrected chi connectivity index (χ0v) is 11.7. The largest absolute Gasteiger partial charge is 0.466 e. The Morgan fingerprint density at radius 1 is 1.22 bits per heavy atom. The Morgan fingerprint density at radius 2 is 1.78 bits per heavy atom. The van der Waals surface area contributed by atoms with Crippen molar-refractivity contribution in [2.45, 2.75) is 51.6 Å². The second kappa shape index (κ2) is 3.93. The summed E-state index contributed by atoms with van der Waals surface area (Å²) in [6.45, 7) is 7.73. The topological polar surface area (TPSA) is 49.4 Å². The average molecular weight is 250 g/mol. The SMILES string of the molecule is COC(=O)C1=CCC2=C(C1)C(C)(C)N([O])C2(C)C. The van der Waals surface area contributed by atoms with E-state index in [4.69, 9.17) is 4.74 Å². The summed E-state index contributed by atoms with van der Waals surface area (Å²) in [5, 5.41) is 13.5. The van der Waals surface area contributed by atoms with E-state index in [2.05, 4.69) is 0 Å². The van der Waals surface area contributed by atoms with Crippen molar-refractivity contribution in [1.29, 1.82) is 0 Å². The summed E-state index contributed by atoms with van der Waals surface area (Å²) in [6, 6.07) is 0. The lowest BCUT2D eigenvalue weighted by atomic mass is 9.81. The van der Waals surface area contributed by atoms with Crippen molar-refractivity contribution in [2.75, 3.05) is 7.11 Å². The van der Waals surface area contributed by atoms with Crippen molar-refractivity contribution in [3.05, 3.63) is 22.8 Å². The summed E-state index contributed by atoms with van der Waals surface area (Å²) in [5.74, 6) is -0.292. The molecule has 0 atom stereocenters. The molecule has 0 saturated heterocycles. The van der Waals surface area contributed by atoms with E-state index in [9.17, 15) is 10.0 Å². The fourth-order valence-corrected chi connectivity index (χ4v) is 3.15. The van der Waals surface area contributed by atoms with Crippen LogP contribution >= 0.6 is 0 Å². The van der Waals surface area contributed by atoms with E-state index in [0.717, 1.165) is 16.2 Å². The first kappa shape index (κ1) is 13.3. The molecule has 0 fully saturated rings. The fraction of sp³-hybridized carbons (Fsp3) is 0.643. The van der Waals surface area contributed by atoms with Crippen molar-refractivity contribution in [3.8, 4) is 0 Å². The van der Waals surface area contributed by atoms with Crippen molar-refractivity contribution >= 4 is 5.97 Å². The van der Waals surface area contributed by atoms with Crippen LogP contribution in [0.4, 0.5) is 0 Å². The van der Waals surface area contributed by atoms with Gasteiger partial charge >= 0.3 is 5.97 Å². The molecule has 1 heterocycles. The molecular weight excluding hydrogens is 230 g/mol. The second-order valence-electron chi connectivity index (χ2n) is 5.97. The summed E-state index contributed by atoms with van der Waals surface area (Å²) in [5.41, 5.74) is 1.85. The van der Waals surface area contributed by atoms with Crippen LogP contribution in [0.25, 0.3) is 0 Å². The number of esters is 1. The molecule has 0 N–H and O–H groups in total. The lowest BCUT2D eigenvalue weighted by molar-refractivity contribution is -0.240. The molecule has 0 saturated carbocycles. The number of hydroxylamine groups is 2. The third-order valence-electron chi connectivity index (χ3n) is 4.22. The summed E-state index contributed by atoms with van der Waals surface area (Å²) in [7, 11) is 1.39. The van der Waals surface area contributed by atoms with Gasteiger partial charge in [-0.15, -0.1) is 10.3 Å². The minimum Gasteiger partial charge on any atom is -0.466 e. The molecule has 1 aliphatic heterocycles. The highest BCUT2D eigenvalue weighted by molar-refractivity contribution is 5.89. The lowest BCUT2D eigenvalue weighted by Gasteiger charge is -2.34. The third kappa shape index (κ3) is 1.63. The molecule has 2 aliphatic rings. The van der Waals surface area contributed by atoms with Crippen molar-refractivity contribution in [1.82, 2.24) is 5.06 Å². The Hall–Kier alpha value is -1.13. The molecule has 4 nitrogen and oxygen atoms in total. The van der Waals surface area contributed by atoms with Crippen LogP contribution in [0.2, 0.25) is 0 Å². The molecule has 0 aromatic heterocycles. The molecule has 0 spiro atoms. The Bertz CT molecular complexity index is 458. The van der Waals surface area contributed by atoms with E-state index in [-0.39, 0.29) is 5.97 Å². The molecule has 4 heteroatoms. The van der Waals surface area contributed by atoms with E-state index in [1.165, 1.54) is 7.11 Å². The van der Waals surface area contributed by atoms with Gasteiger partial charge in [-0.2, -0.15) is 0 Å². The second-order valence-corrected chi connectivity index (χ2v) is 5.97. The Labute approximate surface area is 108 Å². The number of hydrogen-bond acceptors (Lipinski definition) is 3. The van der Waals surface area contributed by atoms with Gasteiger partial charge in [-0.05, 0) is 45.3 Å². The summed E-state index contributed by atoms with van der Waals surface area (Å²) < 4.78 is 4.76. The normalized spacial score (nSPS) is 25.8. The van der Waals surface area contributed by atoms with Crippen LogP contribution in [0.3, 0.4) is 0 Å². The first-order valence-corrected chi connectivity index (χ1v) is 6.20. The van der Waals surface area contributed by atoms with Crippen LogP contribution in [0.5, 0.6) is 0 Å². The highest BCUT2D eigenvalue weighted by Crippen LogP contribution is 2.49. The monoisotopic (exact) mass is 250 g/mol. The number of allylic oxidation sites excluding steroid dienone is 1. The van der Waals surface area contributed by atoms with Crippen molar-refractivity contribution in [2.24, 2.45) is 0 Å². The quantitative estimate of drug-likeness (QED) is 0.530. The standard InChI is InChI=1S/C14H20NO3/c1-13(2)10-7-6-9(12(16)18-5)8-11(10)14(3,4)15(13)17/h6H,7-8H2,1-5H3. The number of hydrogen-bond donors (Lipinski definition) is 0. The lowest BCUT2D eigenvalue weighted by Crippen LogP contribution is -2.47. The fourth-order valence-electron chi connectivity index (χ4n) is 3.15. The number of rotatable bonds is 1. The number of carbonyl (C=O) groups is 1. The highest BCUT2D eigenvalue weighted by Gasteiger charge is 2.52. The minimum atomic E-state index is -0.549. The van der Waals surface area contributed by atoms with Gasteiger partial charge in [0.2, 0.25) is 0 Å². The molecule has 0 aromatic carbocycles. The van der Waals surface area contributed by atoms with Gasteiger partial charge in [0.15, 0.2) is 0 Å². The van der Waals surface area contributed by atoms with Gasteiger partial charge in [-0.1, -0.05) is 6.08 Å². The van der Waals surface area contributed by atoms with E-state index in [1.54, 1.807) is 0 Å². The van der Waals surface area contributed by atoms with E-state index in [1.807, 2.05) is 33.8 Å². The molecule has 1 radical (unpaired) electrons. The van der Waals surface area contributed by atoms with Crippen LogP contribution in [-0.4, -0.2) is 29.2 Å². The van der Waals surface area contributed by atoms with Gasteiger partial charge < -0.3 is 4.74 Å². The molecule has 99 valence electrons. The summed E-state index contributed by atoms with van der Waals surface area (Å²) in [6.07, 6.45) is 3.08. The smallest absolute Gasteiger partial charge is 0.333 e. The molecule has 18 heavy (non-hydrogen) atoms. The summed E-state index contributed by atoms with van der Waals surface area (Å²) in [4.78, 5) is 11.6. The van der Waals surface area contributed by atoms with Crippen LogP contribution < -0.4 is 0 Å². The van der Waals surface area contributed by atoms with Gasteiger partial charge in [0.1, 0.15) is 0 Å². The Balaban J connectivity index is 2.38. The zero-order valence-electron chi connectivity index (χ0n) is 11.7. The molecule has 0 amide bonds. The highest BCUT2D eigenvalue weighted by atomic mass is 16.5. The molecule has 2 rings (SSSR count). The molecule has 0 bridgehead atoms. The van der Waals surface area contributed by atoms with E-state index in [0.29, 0.717) is 18.4 Å². The Kier molecular flexibility index (Phi) is 2.91. The third-order valence-corrected chi connectivity index (χ3v) is 4.22. The van der Waals surface area contributed by atoms with Gasteiger partial charge in [0.25, 0.3) is 0 Å². The van der Waals surface area contributed by atoms with E-state index < -0.39 is 11.1 Å². The van der Waals surface area contributed by atoms with Crippen molar-refractivity contribution in [3.63, 3.8) is 0 Å². The van der Waals surface area contributed by atoms with E-state index >= 15 is 0 Å². The van der Waals surface area contributed by atoms with Gasteiger partial charge in [0, 0.05) is 12.0 Å². The Morgan fingerprint density at radius 3 is 2.33 bits per heavy atom. The molecular formula is C14H20NO3. The minimum absolute atomic E-state index is 0.292. The maximum Gasteiger partial charge on any atom is 0.333 e. The number of ether oxygens (including phenoxy) is 1. The zero-order chi connectivity index (χ0) is 13.7.